The lowest BCUT2D eigenvalue weighted by Gasteiger charge is -2.34. The van der Waals surface area contributed by atoms with E-state index in [1.54, 1.807) is 0 Å². The van der Waals surface area contributed by atoms with Gasteiger partial charge in [0.1, 0.15) is 17.5 Å². The molecule has 178 valence electrons. The van der Waals surface area contributed by atoms with E-state index >= 15 is 0 Å². The van der Waals surface area contributed by atoms with Crippen molar-refractivity contribution >= 4 is 28.5 Å². The summed E-state index contributed by atoms with van der Waals surface area (Å²) in [7, 11) is 5.63. The Balaban J connectivity index is 1.75. The van der Waals surface area contributed by atoms with Crippen molar-refractivity contribution in [1.29, 1.82) is 5.26 Å². The van der Waals surface area contributed by atoms with Crippen molar-refractivity contribution in [2.75, 3.05) is 32.6 Å². The van der Waals surface area contributed by atoms with Crippen LogP contribution in [-0.4, -0.2) is 54.2 Å². The molecule has 0 bridgehead atoms. The molecule has 0 N–H and O–H groups in total. The highest BCUT2D eigenvalue weighted by molar-refractivity contribution is 5.89. The Labute approximate surface area is 205 Å². The molecular weight excluding hydrogens is 438 g/mol. The Hall–Kier alpha value is -3.89. The number of nitrogens with zero attached hydrogens (tertiary/aromatic N) is 5. The Bertz CT molecular complexity index is 1460. The SMILES string of the molecule is COC(=O)c1ccc(Cc2c(C)cc3nc4cccc(C#N)c4n3c2N2CCC[C@H]2N(C)C)cc1. The van der Waals surface area contributed by atoms with Gasteiger partial charge in [0.25, 0.3) is 0 Å². The molecule has 4 aromatic rings. The van der Waals surface area contributed by atoms with E-state index in [1.165, 1.54) is 12.7 Å². The average Bonchev–Trinajstić information content (AvgIpc) is 3.49. The van der Waals surface area contributed by atoms with Gasteiger partial charge in [0.05, 0.1) is 35.4 Å². The topological polar surface area (TPSA) is 73.9 Å². The summed E-state index contributed by atoms with van der Waals surface area (Å²) in [6, 6.07) is 17.8. The first-order valence-electron chi connectivity index (χ1n) is 11.9. The second-order valence-corrected chi connectivity index (χ2v) is 9.37. The molecule has 7 heteroatoms. The van der Waals surface area contributed by atoms with Gasteiger partial charge < -0.3 is 9.64 Å². The van der Waals surface area contributed by atoms with E-state index in [0.717, 1.165) is 53.0 Å². The highest BCUT2D eigenvalue weighted by Crippen LogP contribution is 2.36. The molecule has 7 nitrogen and oxygen atoms in total. The van der Waals surface area contributed by atoms with Crippen LogP contribution in [0.5, 0.6) is 0 Å². The second-order valence-electron chi connectivity index (χ2n) is 9.37. The number of anilines is 1. The van der Waals surface area contributed by atoms with Gasteiger partial charge in [-0.1, -0.05) is 18.2 Å². The van der Waals surface area contributed by atoms with Crippen molar-refractivity contribution < 1.29 is 9.53 Å². The molecule has 0 saturated carbocycles. The maximum atomic E-state index is 11.9. The number of nitriles is 1. The van der Waals surface area contributed by atoms with Gasteiger partial charge in [-0.2, -0.15) is 5.26 Å². The molecule has 35 heavy (non-hydrogen) atoms. The Morgan fingerprint density at radius 3 is 2.69 bits per heavy atom. The Kier molecular flexibility index (Phi) is 5.91. The largest absolute Gasteiger partial charge is 0.465 e. The number of pyridine rings is 1. The van der Waals surface area contributed by atoms with Gasteiger partial charge in [-0.3, -0.25) is 9.30 Å². The maximum absolute atomic E-state index is 11.9. The molecule has 0 unspecified atom stereocenters. The fourth-order valence-corrected chi connectivity index (χ4v) is 5.27. The van der Waals surface area contributed by atoms with Crippen LogP contribution in [0, 0.1) is 18.3 Å². The first-order valence-corrected chi connectivity index (χ1v) is 11.9. The lowest BCUT2D eigenvalue weighted by molar-refractivity contribution is 0.0600. The zero-order valence-corrected chi connectivity index (χ0v) is 20.6. The first kappa shape index (κ1) is 22.9. The average molecular weight is 468 g/mol. The van der Waals surface area contributed by atoms with Crippen molar-refractivity contribution in [3.63, 3.8) is 0 Å². The second kappa shape index (κ2) is 9.05. The molecule has 0 spiro atoms. The number of benzene rings is 2. The molecular formula is C28H29N5O2. The molecule has 1 aliphatic heterocycles. The Morgan fingerprint density at radius 1 is 1.23 bits per heavy atom. The van der Waals surface area contributed by atoms with E-state index in [-0.39, 0.29) is 12.1 Å². The summed E-state index contributed by atoms with van der Waals surface area (Å²) in [4.78, 5) is 21.5. The molecule has 1 saturated heterocycles. The first-order chi connectivity index (χ1) is 16.9. The zero-order chi connectivity index (χ0) is 24.7. The van der Waals surface area contributed by atoms with Gasteiger partial charge in [-0.15, -0.1) is 0 Å². The van der Waals surface area contributed by atoms with Crippen LogP contribution in [0.25, 0.3) is 16.7 Å². The molecule has 0 radical (unpaired) electrons. The van der Waals surface area contributed by atoms with Crippen molar-refractivity contribution in [3.05, 3.63) is 76.3 Å². The molecule has 1 aliphatic rings. The van der Waals surface area contributed by atoms with Crippen LogP contribution < -0.4 is 4.90 Å². The van der Waals surface area contributed by atoms with Crippen molar-refractivity contribution in [3.8, 4) is 6.07 Å². The minimum absolute atomic E-state index is 0.257. The van der Waals surface area contributed by atoms with Crippen molar-refractivity contribution in [1.82, 2.24) is 14.3 Å². The molecule has 0 aliphatic carbocycles. The zero-order valence-electron chi connectivity index (χ0n) is 20.6. The smallest absolute Gasteiger partial charge is 0.337 e. The molecule has 2 aromatic carbocycles. The molecule has 3 heterocycles. The molecule has 2 aromatic heterocycles. The lowest BCUT2D eigenvalue weighted by Crippen LogP contribution is -2.42. The van der Waals surface area contributed by atoms with Crippen LogP contribution >= 0.6 is 0 Å². The van der Waals surface area contributed by atoms with Crippen LogP contribution in [0.15, 0.2) is 48.5 Å². The molecule has 5 rings (SSSR count). The van der Waals surface area contributed by atoms with Crippen LogP contribution in [0.1, 0.15) is 45.5 Å². The standard InChI is InChI=1S/C28H29N5O2/c1-18-15-24-30-23-8-5-7-21(17-29)26(23)33(24)27(32-14-6-9-25(32)31(2)3)22(18)16-19-10-12-20(13-11-19)28(34)35-4/h5,7-8,10-13,15,25H,6,9,14,16H2,1-4H3/t25-/m0/s1. The predicted octanol–water partition coefficient (Wildman–Crippen LogP) is 4.53. The van der Waals surface area contributed by atoms with Crippen LogP contribution in [0.4, 0.5) is 5.82 Å². The summed E-state index contributed by atoms with van der Waals surface area (Å²) >= 11 is 0. The van der Waals surface area contributed by atoms with E-state index in [2.05, 4.69) is 47.4 Å². The number of para-hydroxylation sites is 1. The quantitative estimate of drug-likeness (QED) is 0.402. The van der Waals surface area contributed by atoms with Gasteiger partial charge >= 0.3 is 5.97 Å². The summed E-state index contributed by atoms with van der Waals surface area (Å²) < 4.78 is 7.03. The molecule has 1 fully saturated rings. The van der Waals surface area contributed by atoms with Crippen LogP contribution in [0.2, 0.25) is 0 Å². The summed E-state index contributed by atoms with van der Waals surface area (Å²) in [5, 5.41) is 9.91. The summed E-state index contributed by atoms with van der Waals surface area (Å²) in [6.07, 6.45) is 3.13. The minimum Gasteiger partial charge on any atom is -0.465 e. The normalized spacial score (nSPS) is 15.8. The van der Waals surface area contributed by atoms with E-state index in [0.29, 0.717) is 17.5 Å². The van der Waals surface area contributed by atoms with Gasteiger partial charge in [-0.25, -0.2) is 9.78 Å². The number of carbonyl (C=O) groups excluding carboxylic acids is 1. The summed E-state index contributed by atoms with van der Waals surface area (Å²) in [5.41, 5.74) is 7.14. The minimum atomic E-state index is -0.338. The van der Waals surface area contributed by atoms with E-state index in [4.69, 9.17) is 9.72 Å². The van der Waals surface area contributed by atoms with Crippen LogP contribution in [0.3, 0.4) is 0 Å². The number of ether oxygens (including phenoxy) is 1. The number of carbonyl (C=O) groups is 1. The maximum Gasteiger partial charge on any atom is 0.337 e. The van der Waals surface area contributed by atoms with Gasteiger partial charge in [0, 0.05) is 18.5 Å². The fourth-order valence-electron chi connectivity index (χ4n) is 5.27. The number of aromatic nitrogens is 2. The fraction of sp³-hybridized carbons (Fsp3) is 0.321. The summed E-state index contributed by atoms with van der Waals surface area (Å²) in [6.45, 7) is 3.07. The van der Waals surface area contributed by atoms with Gasteiger partial charge in [-0.05, 0) is 75.3 Å². The van der Waals surface area contributed by atoms with E-state index in [1.807, 2.05) is 42.5 Å². The van der Waals surface area contributed by atoms with Crippen molar-refractivity contribution in [2.24, 2.45) is 0 Å². The number of methoxy groups -OCH3 is 1. The predicted molar refractivity (Wildman–Crippen MR) is 137 cm³/mol. The van der Waals surface area contributed by atoms with E-state index in [9.17, 15) is 10.1 Å². The third-order valence-electron chi connectivity index (χ3n) is 6.97. The van der Waals surface area contributed by atoms with Gasteiger partial charge in [0.15, 0.2) is 0 Å². The monoisotopic (exact) mass is 467 g/mol. The number of rotatable bonds is 5. The number of aryl methyl sites for hydroxylation is 1. The van der Waals surface area contributed by atoms with E-state index < -0.39 is 0 Å². The third-order valence-corrected chi connectivity index (χ3v) is 6.97. The number of hydrogen-bond donors (Lipinski definition) is 0. The lowest BCUT2D eigenvalue weighted by atomic mass is 9.99. The number of fused-ring (bicyclic) bond motifs is 3. The van der Waals surface area contributed by atoms with Crippen LogP contribution in [-0.2, 0) is 11.2 Å². The number of hydrogen-bond acceptors (Lipinski definition) is 6. The number of esters is 1. The Morgan fingerprint density at radius 2 is 2.00 bits per heavy atom. The highest BCUT2D eigenvalue weighted by Gasteiger charge is 2.31. The van der Waals surface area contributed by atoms with Crippen molar-refractivity contribution in [2.45, 2.75) is 32.4 Å². The van der Waals surface area contributed by atoms with Gasteiger partial charge in [0.2, 0.25) is 0 Å². The summed E-state index contributed by atoms with van der Waals surface area (Å²) in [5.74, 6) is 0.757. The molecule has 1 atom stereocenters. The molecule has 0 amide bonds. The third kappa shape index (κ3) is 3.90. The number of imidazole rings is 1. The highest BCUT2D eigenvalue weighted by atomic mass is 16.5.